The third-order valence-corrected chi connectivity index (χ3v) is 3.64. The largest absolute Gasteiger partial charge is 0.497 e. The molecule has 0 unspecified atom stereocenters. The second-order valence-corrected chi connectivity index (χ2v) is 5.00. The summed E-state index contributed by atoms with van der Waals surface area (Å²) in [6.45, 7) is 0. The molecule has 3 heteroatoms. The number of aryl methyl sites for hydroxylation is 1. The lowest BCUT2D eigenvalue weighted by Gasteiger charge is -2.18. The predicted octanol–water partition coefficient (Wildman–Crippen LogP) is 3.66. The first kappa shape index (κ1) is 13.4. The van der Waals surface area contributed by atoms with Crippen LogP contribution < -0.4 is 10.1 Å². The molecule has 0 saturated heterocycles. The lowest BCUT2D eigenvalue weighted by molar-refractivity contribution is -0.111. The maximum atomic E-state index is 12.5. The first-order valence-electron chi connectivity index (χ1n) is 7.02. The van der Waals surface area contributed by atoms with E-state index >= 15 is 0 Å². The van der Waals surface area contributed by atoms with Gasteiger partial charge in [-0.15, -0.1) is 0 Å². The minimum atomic E-state index is -0.0627. The highest BCUT2D eigenvalue weighted by Crippen LogP contribution is 2.30. The van der Waals surface area contributed by atoms with Gasteiger partial charge in [0.15, 0.2) is 0 Å². The highest BCUT2D eigenvalue weighted by Gasteiger charge is 2.19. The van der Waals surface area contributed by atoms with Gasteiger partial charge >= 0.3 is 0 Å². The van der Waals surface area contributed by atoms with Crippen molar-refractivity contribution in [3.63, 3.8) is 0 Å². The Morgan fingerprint density at radius 3 is 2.71 bits per heavy atom. The van der Waals surface area contributed by atoms with E-state index in [1.165, 1.54) is 0 Å². The molecule has 0 spiro atoms. The van der Waals surface area contributed by atoms with Crippen LogP contribution >= 0.6 is 0 Å². The fraction of sp³-hybridized carbons (Fsp3) is 0.167. The summed E-state index contributed by atoms with van der Waals surface area (Å²) in [6.07, 6.45) is 3.82. The van der Waals surface area contributed by atoms with Gasteiger partial charge in [-0.3, -0.25) is 4.79 Å². The molecule has 0 aliphatic heterocycles. The van der Waals surface area contributed by atoms with Crippen molar-refractivity contribution in [3.05, 3.63) is 65.7 Å². The third kappa shape index (κ3) is 2.82. The van der Waals surface area contributed by atoms with Crippen LogP contribution in [0, 0.1) is 0 Å². The van der Waals surface area contributed by atoms with Gasteiger partial charge in [0.2, 0.25) is 0 Å². The van der Waals surface area contributed by atoms with Crippen LogP contribution in [0.25, 0.3) is 5.57 Å². The van der Waals surface area contributed by atoms with Gasteiger partial charge in [-0.25, -0.2) is 0 Å². The summed E-state index contributed by atoms with van der Waals surface area (Å²) >= 11 is 0. The number of carbonyl (C=O) groups is 1. The molecular weight excluding hydrogens is 262 g/mol. The quantitative estimate of drug-likeness (QED) is 0.931. The van der Waals surface area contributed by atoms with Gasteiger partial charge < -0.3 is 10.1 Å². The number of anilines is 1. The summed E-state index contributed by atoms with van der Waals surface area (Å²) in [7, 11) is 1.66. The van der Waals surface area contributed by atoms with Crippen LogP contribution in [0.3, 0.4) is 0 Å². The molecule has 0 bridgehead atoms. The molecule has 1 amide bonds. The number of fused-ring (bicyclic) bond motifs is 1. The van der Waals surface area contributed by atoms with Gasteiger partial charge in [0.05, 0.1) is 7.11 Å². The second kappa shape index (κ2) is 5.83. The van der Waals surface area contributed by atoms with Gasteiger partial charge in [0.25, 0.3) is 5.91 Å². The van der Waals surface area contributed by atoms with Crippen molar-refractivity contribution in [1.82, 2.24) is 0 Å². The Labute approximate surface area is 124 Å². The molecule has 0 heterocycles. The zero-order valence-corrected chi connectivity index (χ0v) is 11.9. The molecule has 1 N–H and O–H groups in total. The summed E-state index contributed by atoms with van der Waals surface area (Å²) in [4.78, 5) is 12.5. The van der Waals surface area contributed by atoms with Crippen molar-refractivity contribution in [2.75, 3.05) is 12.4 Å². The van der Waals surface area contributed by atoms with Crippen LogP contribution in [0.1, 0.15) is 17.5 Å². The van der Waals surface area contributed by atoms with Crippen LogP contribution in [0.5, 0.6) is 5.75 Å². The number of allylic oxidation sites excluding steroid dienone is 1. The molecule has 0 atom stereocenters. The molecule has 2 aromatic carbocycles. The fourth-order valence-corrected chi connectivity index (χ4v) is 2.58. The molecule has 2 aromatic rings. The molecule has 3 nitrogen and oxygen atoms in total. The molecule has 3 rings (SSSR count). The number of nitrogens with one attached hydrogen (secondary N) is 1. The van der Waals surface area contributed by atoms with Crippen molar-refractivity contribution < 1.29 is 9.53 Å². The lowest BCUT2D eigenvalue weighted by atomic mass is 9.90. The molecular formula is C18H17NO2. The van der Waals surface area contributed by atoms with Crippen LogP contribution in [0.15, 0.2) is 54.6 Å². The number of para-hydroxylation sites is 1. The first-order chi connectivity index (χ1) is 10.3. The van der Waals surface area contributed by atoms with Gasteiger partial charge in [-0.1, -0.05) is 30.3 Å². The minimum absolute atomic E-state index is 0.0627. The number of ether oxygens (including phenoxy) is 1. The van der Waals surface area contributed by atoms with Crippen molar-refractivity contribution in [1.29, 1.82) is 0 Å². The SMILES string of the molecule is COc1ccc2c(c1)CCC=C2C(=O)Nc1ccccc1. The lowest BCUT2D eigenvalue weighted by Crippen LogP contribution is -2.16. The van der Waals surface area contributed by atoms with Crippen LogP contribution in [-0.4, -0.2) is 13.0 Å². The Morgan fingerprint density at radius 2 is 1.95 bits per heavy atom. The summed E-state index contributed by atoms with van der Waals surface area (Å²) in [5.41, 5.74) is 3.71. The standard InChI is InChI=1S/C18H17NO2/c1-21-15-10-11-16-13(12-15)6-5-9-17(16)18(20)19-14-7-3-2-4-8-14/h2-4,7-12H,5-6H2,1H3,(H,19,20). The molecule has 1 aliphatic carbocycles. The Balaban J connectivity index is 1.87. The smallest absolute Gasteiger partial charge is 0.255 e. The van der Waals surface area contributed by atoms with Crippen molar-refractivity contribution in [2.45, 2.75) is 12.8 Å². The maximum Gasteiger partial charge on any atom is 0.255 e. The monoisotopic (exact) mass is 279 g/mol. The van der Waals surface area contributed by atoms with Gasteiger partial charge in [0.1, 0.15) is 5.75 Å². The van der Waals surface area contributed by atoms with E-state index in [4.69, 9.17) is 4.74 Å². The normalized spacial score (nSPS) is 13.1. The third-order valence-electron chi connectivity index (χ3n) is 3.64. The second-order valence-electron chi connectivity index (χ2n) is 5.00. The Bertz CT molecular complexity index is 690. The van der Waals surface area contributed by atoms with Crippen molar-refractivity contribution in [3.8, 4) is 5.75 Å². The first-order valence-corrected chi connectivity index (χ1v) is 7.02. The number of hydrogen-bond acceptors (Lipinski definition) is 2. The minimum Gasteiger partial charge on any atom is -0.497 e. The molecule has 21 heavy (non-hydrogen) atoms. The molecule has 1 aliphatic rings. The zero-order valence-electron chi connectivity index (χ0n) is 11.9. The topological polar surface area (TPSA) is 38.3 Å². The summed E-state index contributed by atoms with van der Waals surface area (Å²) in [5.74, 6) is 0.769. The molecule has 0 fully saturated rings. The number of rotatable bonds is 3. The van der Waals surface area contributed by atoms with E-state index in [1.807, 2.05) is 54.6 Å². The zero-order chi connectivity index (χ0) is 14.7. The Morgan fingerprint density at radius 1 is 1.14 bits per heavy atom. The Kier molecular flexibility index (Phi) is 3.73. The number of amides is 1. The number of methoxy groups -OCH3 is 1. The summed E-state index contributed by atoms with van der Waals surface area (Å²) in [5, 5.41) is 2.94. The van der Waals surface area contributed by atoms with Gasteiger partial charge in [0, 0.05) is 11.3 Å². The summed E-state index contributed by atoms with van der Waals surface area (Å²) < 4.78 is 5.25. The van der Waals surface area contributed by atoms with Crippen molar-refractivity contribution >= 4 is 17.2 Å². The predicted molar refractivity (Wildman–Crippen MR) is 84.4 cm³/mol. The van der Waals surface area contributed by atoms with Crippen LogP contribution in [0.2, 0.25) is 0 Å². The van der Waals surface area contributed by atoms with Crippen molar-refractivity contribution in [2.24, 2.45) is 0 Å². The van der Waals surface area contributed by atoms with E-state index in [-0.39, 0.29) is 5.91 Å². The Hall–Kier alpha value is -2.55. The molecule has 0 aromatic heterocycles. The van der Waals surface area contributed by atoms with E-state index in [9.17, 15) is 4.79 Å². The average Bonchev–Trinajstić information content (AvgIpc) is 2.54. The molecule has 0 radical (unpaired) electrons. The fourth-order valence-electron chi connectivity index (χ4n) is 2.58. The molecule has 106 valence electrons. The average molecular weight is 279 g/mol. The maximum absolute atomic E-state index is 12.5. The van der Waals surface area contributed by atoms with Gasteiger partial charge in [-0.05, 0) is 48.2 Å². The van der Waals surface area contributed by atoms with Crippen LogP contribution in [0.4, 0.5) is 5.69 Å². The van der Waals surface area contributed by atoms with Crippen LogP contribution in [-0.2, 0) is 11.2 Å². The van der Waals surface area contributed by atoms with E-state index in [2.05, 4.69) is 5.32 Å². The van der Waals surface area contributed by atoms with E-state index in [0.717, 1.165) is 41.0 Å². The number of carbonyl (C=O) groups excluding carboxylic acids is 1. The van der Waals surface area contributed by atoms with E-state index in [0.29, 0.717) is 0 Å². The van der Waals surface area contributed by atoms with Gasteiger partial charge in [-0.2, -0.15) is 0 Å². The highest BCUT2D eigenvalue weighted by atomic mass is 16.5. The number of hydrogen-bond donors (Lipinski definition) is 1. The van der Waals surface area contributed by atoms with E-state index < -0.39 is 0 Å². The molecule has 0 saturated carbocycles. The highest BCUT2D eigenvalue weighted by molar-refractivity contribution is 6.25. The number of benzene rings is 2. The van der Waals surface area contributed by atoms with E-state index in [1.54, 1.807) is 7.11 Å². The summed E-state index contributed by atoms with van der Waals surface area (Å²) in [6, 6.07) is 15.4.